The molecule has 0 unspecified atom stereocenters. The summed E-state index contributed by atoms with van der Waals surface area (Å²) in [4.78, 5) is 2.03. The van der Waals surface area contributed by atoms with Crippen molar-refractivity contribution < 1.29 is 4.42 Å². The molecule has 0 radical (unpaired) electrons. The predicted octanol–water partition coefficient (Wildman–Crippen LogP) is 1.45. The van der Waals surface area contributed by atoms with Gasteiger partial charge >= 0.3 is 6.01 Å². The van der Waals surface area contributed by atoms with Crippen LogP contribution in [-0.4, -0.2) is 29.2 Å². The molecular weight excluding hydrogens is 190 g/mol. The third-order valence-corrected chi connectivity index (χ3v) is 2.35. The van der Waals surface area contributed by atoms with Crippen molar-refractivity contribution in [3.05, 3.63) is 5.89 Å². The van der Waals surface area contributed by atoms with E-state index < -0.39 is 0 Å². The Morgan fingerprint density at radius 1 is 1.54 bits per heavy atom. The minimum absolute atomic E-state index is 0.523. The number of alkyl halides is 1. The van der Waals surface area contributed by atoms with Gasteiger partial charge in [-0.05, 0) is 12.8 Å². The highest BCUT2D eigenvalue weighted by atomic mass is 35.5. The van der Waals surface area contributed by atoms with Crippen molar-refractivity contribution in [2.45, 2.75) is 25.3 Å². The lowest BCUT2D eigenvalue weighted by molar-refractivity contribution is 0.495. The van der Waals surface area contributed by atoms with E-state index in [1.807, 2.05) is 11.9 Å². The van der Waals surface area contributed by atoms with Crippen LogP contribution in [0.5, 0.6) is 0 Å². The van der Waals surface area contributed by atoms with Crippen molar-refractivity contribution in [3.63, 3.8) is 0 Å². The second kappa shape index (κ2) is 3.54. The van der Waals surface area contributed by atoms with Gasteiger partial charge in [0.05, 0.1) is 0 Å². The first-order valence-corrected chi connectivity index (χ1v) is 4.96. The van der Waals surface area contributed by atoms with Crippen molar-refractivity contribution in [2.75, 3.05) is 17.8 Å². The van der Waals surface area contributed by atoms with Gasteiger partial charge in [0, 0.05) is 25.4 Å². The summed E-state index contributed by atoms with van der Waals surface area (Å²) in [6.07, 6.45) is 3.10. The molecular formula is C8H12ClN3O. The van der Waals surface area contributed by atoms with Crippen molar-refractivity contribution in [2.24, 2.45) is 0 Å². The highest BCUT2D eigenvalue weighted by Gasteiger charge is 2.29. The number of hydrogen-bond acceptors (Lipinski definition) is 4. The van der Waals surface area contributed by atoms with Crippen LogP contribution in [0, 0.1) is 0 Å². The molecule has 0 bridgehead atoms. The van der Waals surface area contributed by atoms with Crippen LogP contribution in [-0.2, 0) is 6.42 Å². The van der Waals surface area contributed by atoms with Crippen LogP contribution in [0.3, 0.4) is 0 Å². The van der Waals surface area contributed by atoms with Crippen molar-refractivity contribution in [1.29, 1.82) is 0 Å². The van der Waals surface area contributed by atoms with E-state index in [1.165, 1.54) is 12.8 Å². The second-order valence-corrected chi connectivity index (χ2v) is 3.64. The topological polar surface area (TPSA) is 42.2 Å². The molecule has 1 aliphatic rings. The SMILES string of the molecule is CN(c1nnc(CCCl)o1)C1CC1. The lowest BCUT2D eigenvalue weighted by Crippen LogP contribution is -2.19. The molecule has 1 heterocycles. The zero-order valence-electron chi connectivity index (χ0n) is 7.53. The Hall–Kier alpha value is -0.770. The Kier molecular flexibility index (Phi) is 2.40. The van der Waals surface area contributed by atoms with E-state index in [4.69, 9.17) is 16.0 Å². The molecule has 5 heteroatoms. The fourth-order valence-electron chi connectivity index (χ4n) is 1.19. The van der Waals surface area contributed by atoms with Crippen LogP contribution in [0.2, 0.25) is 0 Å². The molecule has 0 atom stereocenters. The van der Waals surface area contributed by atoms with Crippen LogP contribution in [0.4, 0.5) is 6.01 Å². The highest BCUT2D eigenvalue weighted by molar-refractivity contribution is 6.17. The Labute approximate surface area is 81.9 Å². The zero-order valence-corrected chi connectivity index (χ0v) is 8.29. The Bertz CT molecular complexity index is 285. The van der Waals surface area contributed by atoms with E-state index in [2.05, 4.69) is 10.2 Å². The molecule has 13 heavy (non-hydrogen) atoms. The fraction of sp³-hybridized carbons (Fsp3) is 0.750. The van der Waals surface area contributed by atoms with Crippen molar-refractivity contribution >= 4 is 17.6 Å². The average Bonchev–Trinajstić information content (AvgIpc) is 2.87. The number of hydrogen-bond donors (Lipinski definition) is 0. The summed E-state index contributed by atoms with van der Waals surface area (Å²) < 4.78 is 5.41. The number of halogens is 1. The summed E-state index contributed by atoms with van der Waals surface area (Å²) in [6.45, 7) is 0. The third kappa shape index (κ3) is 1.94. The summed E-state index contributed by atoms with van der Waals surface area (Å²) in [5.41, 5.74) is 0. The molecule has 4 nitrogen and oxygen atoms in total. The standard InChI is InChI=1S/C8H12ClN3O/c1-12(6-2-3-6)8-11-10-7(13-8)4-5-9/h6H,2-5H2,1H3. The first kappa shape index (κ1) is 8.81. The molecule has 0 N–H and O–H groups in total. The minimum Gasteiger partial charge on any atom is -0.408 e. The van der Waals surface area contributed by atoms with Gasteiger partial charge in [0.1, 0.15) is 0 Å². The maximum Gasteiger partial charge on any atom is 0.318 e. The van der Waals surface area contributed by atoms with Crippen LogP contribution in [0.15, 0.2) is 4.42 Å². The average molecular weight is 202 g/mol. The predicted molar refractivity (Wildman–Crippen MR) is 50.1 cm³/mol. The van der Waals surface area contributed by atoms with Gasteiger partial charge in [-0.2, -0.15) is 0 Å². The molecule has 1 aliphatic carbocycles. The van der Waals surface area contributed by atoms with Gasteiger partial charge in [-0.3, -0.25) is 0 Å². The molecule has 0 saturated heterocycles. The number of anilines is 1. The van der Waals surface area contributed by atoms with E-state index >= 15 is 0 Å². The number of nitrogens with zero attached hydrogens (tertiary/aromatic N) is 3. The molecule has 1 aromatic rings. The smallest absolute Gasteiger partial charge is 0.318 e. The molecule has 2 rings (SSSR count). The van der Waals surface area contributed by atoms with E-state index in [-0.39, 0.29) is 0 Å². The second-order valence-electron chi connectivity index (χ2n) is 3.26. The summed E-state index contributed by atoms with van der Waals surface area (Å²) in [5.74, 6) is 1.15. The van der Waals surface area contributed by atoms with Gasteiger partial charge in [-0.1, -0.05) is 5.10 Å². The monoisotopic (exact) mass is 201 g/mol. The van der Waals surface area contributed by atoms with Crippen molar-refractivity contribution in [3.8, 4) is 0 Å². The number of aromatic nitrogens is 2. The summed E-state index contributed by atoms with van der Waals surface area (Å²) in [7, 11) is 1.98. The maximum atomic E-state index is 5.56. The quantitative estimate of drug-likeness (QED) is 0.692. The van der Waals surface area contributed by atoms with Gasteiger partial charge in [0.2, 0.25) is 5.89 Å². The van der Waals surface area contributed by atoms with Gasteiger partial charge in [-0.15, -0.1) is 16.7 Å². The molecule has 0 aromatic carbocycles. The molecule has 72 valence electrons. The summed E-state index contributed by atoms with van der Waals surface area (Å²) in [6, 6.07) is 1.21. The third-order valence-electron chi connectivity index (χ3n) is 2.16. The van der Waals surface area contributed by atoms with Gasteiger partial charge in [-0.25, -0.2) is 0 Å². The van der Waals surface area contributed by atoms with Gasteiger partial charge in [0.15, 0.2) is 0 Å². The zero-order chi connectivity index (χ0) is 9.26. The van der Waals surface area contributed by atoms with Gasteiger partial charge in [0.25, 0.3) is 0 Å². The first-order valence-electron chi connectivity index (χ1n) is 4.42. The van der Waals surface area contributed by atoms with Gasteiger partial charge < -0.3 is 9.32 Å². The molecule has 1 fully saturated rings. The van der Waals surface area contributed by atoms with E-state index in [0.717, 1.165) is 0 Å². The largest absolute Gasteiger partial charge is 0.408 e. The highest BCUT2D eigenvalue weighted by Crippen LogP contribution is 2.29. The molecule has 1 saturated carbocycles. The molecule has 0 aliphatic heterocycles. The molecule has 1 aromatic heterocycles. The van der Waals surface area contributed by atoms with Crippen LogP contribution in [0.1, 0.15) is 18.7 Å². The fourth-order valence-corrected chi connectivity index (χ4v) is 1.35. The Morgan fingerprint density at radius 2 is 2.31 bits per heavy atom. The lowest BCUT2D eigenvalue weighted by Gasteiger charge is -2.10. The number of rotatable bonds is 4. The molecule has 0 amide bonds. The van der Waals surface area contributed by atoms with E-state index in [9.17, 15) is 0 Å². The first-order chi connectivity index (χ1) is 6.31. The Balaban J connectivity index is 2.03. The molecule has 0 spiro atoms. The summed E-state index contributed by atoms with van der Waals surface area (Å²) >= 11 is 5.56. The van der Waals surface area contributed by atoms with Crippen molar-refractivity contribution in [1.82, 2.24) is 10.2 Å². The lowest BCUT2D eigenvalue weighted by atomic mass is 10.5. The Morgan fingerprint density at radius 3 is 2.92 bits per heavy atom. The van der Waals surface area contributed by atoms with Crippen LogP contribution >= 0.6 is 11.6 Å². The normalized spacial score (nSPS) is 16.2. The maximum absolute atomic E-state index is 5.56. The van der Waals surface area contributed by atoms with E-state index in [1.54, 1.807) is 0 Å². The van der Waals surface area contributed by atoms with E-state index in [0.29, 0.717) is 30.2 Å². The van der Waals surface area contributed by atoms with Crippen LogP contribution < -0.4 is 4.90 Å². The minimum atomic E-state index is 0.523. The van der Waals surface area contributed by atoms with Crippen LogP contribution in [0.25, 0.3) is 0 Å². The number of aryl methyl sites for hydroxylation is 1. The summed E-state index contributed by atoms with van der Waals surface area (Å²) in [5, 5.41) is 7.84.